The molecule has 0 radical (unpaired) electrons. The van der Waals surface area contributed by atoms with Crippen LogP contribution in [0.15, 0.2) is 40.9 Å². The maximum absolute atomic E-state index is 13.0. The third kappa shape index (κ3) is 3.69. The molecule has 0 aliphatic rings. The quantitative estimate of drug-likeness (QED) is 0.803. The average Bonchev–Trinajstić information content (AvgIpc) is 2.35. The summed E-state index contributed by atoms with van der Waals surface area (Å²) in [5.41, 5.74) is 7.85. The van der Waals surface area contributed by atoms with Gasteiger partial charge in [-0.15, -0.1) is 0 Å². The minimum atomic E-state index is -0.298. The summed E-state index contributed by atoms with van der Waals surface area (Å²) in [5, 5.41) is 1.17. The number of rotatable bonds is 3. The van der Waals surface area contributed by atoms with E-state index in [9.17, 15) is 4.39 Å². The molecule has 100 valence electrons. The van der Waals surface area contributed by atoms with Gasteiger partial charge in [0.15, 0.2) is 0 Å². The highest BCUT2D eigenvalue weighted by molar-refractivity contribution is 9.10. The van der Waals surface area contributed by atoms with E-state index in [1.165, 1.54) is 12.1 Å². The van der Waals surface area contributed by atoms with Gasteiger partial charge in [-0.3, -0.25) is 0 Å². The first-order valence-electron chi connectivity index (χ1n) is 5.62. The Morgan fingerprint density at radius 2 is 1.89 bits per heavy atom. The highest BCUT2D eigenvalue weighted by Gasteiger charge is 2.13. The minimum absolute atomic E-state index is 0.287. The van der Waals surface area contributed by atoms with Crippen LogP contribution in [0, 0.1) is 5.82 Å². The van der Waals surface area contributed by atoms with Gasteiger partial charge in [-0.2, -0.15) is 0 Å². The highest BCUT2D eigenvalue weighted by atomic mass is 79.9. The van der Waals surface area contributed by atoms with E-state index in [1.54, 1.807) is 24.3 Å². The van der Waals surface area contributed by atoms with E-state index in [4.69, 9.17) is 28.9 Å². The van der Waals surface area contributed by atoms with E-state index in [-0.39, 0.29) is 11.9 Å². The Morgan fingerprint density at radius 1 is 1.16 bits per heavy atom. The molecule has 0 spiro atoms. The standard InChI is InChI=1S/C14H11BrCl2FN/c15-12-7-10(18)3-1-8(12)5-14(19)11-6-9(16)2-4-13(11)17/h1-4,6-7,14H,5,19H2. The van der Waals surface area contributed by atoms with Crippen molar-refractivity contribution < 1.29 is 4.39 Å². The van der Waals surface area contributed by atoms with Crippen molar-refractivity contribution in [1.82, 2.24) is 0 Å². The van der Waals surface area contributed by atoms with Gasteiger partial charge in [-0.1, -0.05) is 45.2 Å². The topological polar surface area (TPSA) is 26.0 Å². The smallest absolute Gasteiger partial charge is 0.124 e. The Labute approximate surface area is 129 Å². The van der Waals surface area contributed by atoms with Crippen molar-refractivity contribution >= 4 is 39.1 Å². The largest absolute Gasteiger partial charge is 0.324 e. The summed E-state index contributed by atoms with van der Waals surface area (Å²) in [6.07, 6.45) is 0.543. The Bertz CT molecular complexity index is 604. The summed E-state index contributed by atoms with van der Waals surface area (Å²) in [5.74, 6) is -0.287. The van der Waals surface area contributed by atoms with Crippen molar-refractivity contribution in [2.24, 2.45) is 5.73 Å². The zero-order chi connectivity index (χ0) is 14.0. The monoisotopic (exact) mass is 361 g/mol. The Balaban J connectivity index is 2.25. The second-order valence-corrected chi connectivity index (χ2v) is 5.91. The third-order valence-corrected chi connectivity index (χ3v) is 4.13. The van der Waals surface area contributed by atoms with E-state index < -0.39 is 0 Å². The van der Waals surface area contributed by atoms with Crippen molar-refractivity contribution in [1.29, 1.82) is 0 Å². The van der Waals surface area contributed by atoms with Gasteiger partial charge in [0.1, 0.15) is 5.82 Å². The normalized spacial score (nSPS) is 12.5. The van der Waals surface area contributed by atoms with Crippen molar-refractivity contribution in [3.8, 4) is 0 Å². The molecule has 0 saturated carbocycles. The fourth-order valence-corrected chi connectivity index (χ4v) is 2.78. The molecular formula is C14H11BrCl2FN. The van der Waals surface area contributed by atoms with Crippen LogP contribution in [0.1, 0.15) is 17.2 Å². The summed E-state index contributed by atoms with van der Waals surface area (Å²) in [6.45, 7) is 0. The van der Waals surface area contributed by atoms with Gasteiger partial charge in [0.25, 0.3) is 0 Å². The van der Waals surface area contributed by atoms with E-state index in [1.807, 2.05) is 0 Å². The number of halogens is 4. The van der Waals surface area contributed by atoms with Gasteiger partial charge in [0, 0.05) is 20.6 Å². The molecule has 1 unspecified atom stereocenters. The maximum Gasteiger partial charge on any atom is 0.124 e. The van der Waals surface area contributed by atoms with E-state index in [2.05, 4.69) is 15.9 Å². The molecule has 0 saturated heterocycles. The molecule has 0 amide bonds. The molecule has 1 atom stereocenters. The van der Waals surface area contributed by atoms with Gasteiger partial charge in [0.2, 0.25) is 0 Å². The summed E-state index contributed by atoms with van der Waals surface area (Å²) in [4.78, 5) is 0. The SMILES string of the molecule is NC(Cc1ccc(F)cc1Br)c1cc(Cl)ccc1Cl. The molecule has 0 fully saturated rings. The van der Waals surface area contributed by atoms with E-state index in [0.717, 1.165) is 11.1 Å². The number of hydrogen-bond acceptors (Lipinski definition) is 1. The second-order valence-electron chi connectivity index (χ2n) is 4.21. The van der Waals surface area contributed by atoms with Crippen LogP contribution in [0.3, 0.4) is 0 Å². The molecular weight excluding hydrogens is 352 g/mol. The molecule has 0 aliphatic heterocycles. The molecule has 5 heteroatoms. The lowest BCUT2D eigenvalue weighted by Crippen LogP contribution is -2.14. The van der Waals surface area contributed by atoms with Gasteiger partial charge in [0.05, 0.1) is 0 Å². The van der Waals surface area contributed by atoms with Crippen LogP contribution in [0.4, 0.5) is 4.39 Å². The van der Waals surface area contributed by atoms with Crippen LogP contribution in [-0.4, -0.2) is 0 Å². The van der Waals surface area contributed by atoms with Crippen LogP contribution in [0.5, 0.6) is 0 Å². The van der Waals surface area contributed by atoms with Crippen LogP contribution < -0.4 is 5.73 Å². The first-order valence-corrected chi connectivity index (χ1v) is 7.16. The van der Waals surface area contributed by atoms with Gasteiger partial charge < -0.3 is 5.73 Å². The van der Waals surface area contributed by atoms with Crippen molar-refractivity contribution in [2.45, 2.75) is 12.5 Å². The molecule has 2 aromatic carbocycles. The molecule has 0 bridgehead atoms. The maximum atomic E-state index is 13.0. The lowest BCUT2D eigenvalue weighted by molar-refractivity contribution is 0.624. The zero-order valence-electron chi connectivity index (χ0n) is 9.84. The molecule has 2 rings (SSSR count). The molecule has 19 heavy (non-hydrogen) atoms. The van der Waals surface area contributed by atoms with Crippen LogP contribution in [0.25, 0.3) is 0 Å². The predicted octanol–water partition coefficient (Wildman–Crippen LogP) is 5.14. The molecule has 0 aliphatic carbocycles. The zero-order valence-corrected chi connectivity index (χ0v) is 12.9. The summed E-state index contributed by atoms with van der Waals surface area (Å²) in [6, 6.07) is 9.43. The molecule has 2 N–H and O–H groups in total. The van der Waals surface area contributed by atoms with Crippen LogP contribution in [-0.2, 0) is 6.42 Å². The lowest BCUT2D eigenvalue weighted by atomic mass is 9.99. The fourth-order valence-electron chi connectivity index (χ4n) is 1.83. The minimum Gasteiger partial charge on any atom is -0.324 e. The second kappa shape index (κ2) is 6.23. The van der Waals surface area contributed by atoms with Crippen LogP contribution >= 0.6 is 39.1 Å². The molecule has 0 aromatic heterocycles. The van der Waals surface area contributed by atoms with Crippen molar-refractivity contribution in [3.63, 3.8) is 0 Å². The van der Waals surface area contributed by atoms with Crippen molar-refractivity contribution in [2.75, 3.05) is 0 Å². The Hall–Kier alpha value is -0.610. The first kappa shape index (κ1) is 14.8. The summed E-state index contributed by atoms with van der Waals surface area (Å²) >= 11 is 15.4. The molecule has 1 nitrogen and oxygen atoms in total. The fraction of sp³-hybridized carbons (Fsp3) is 0.143. The number of benzene rings is 2. The predicted molar refractivity (Wildman–Crippen MR) is 81.2 cm³/mol. The van der Waals surface area contributed by atoms with Crippen molar-refractivity contribution in [3.05, 3.63) is 67.9 Å². The van der Waals surface area contributed by atoms with Gasteiger partial charge in [-0.05, 0) is 47.9 Å². The van der Waals surface area contributed by atoms with E-state index in [0.29, 0.717) is 20.9 Å². The molecule has 2 aromatic rings. The van der Waals surface area contributed by atoms with Gasteiger partial charge in [-0.25, -0.2) is 4.39 Å². The third-order valence-electron chi connectivity index (χ3n) is 2.81. The Kier molecular flexibility index (Phi) is 4.85. The highest BCUT2D eigenvalue weighted by Crippen LogP contribution is 2.29. The molecule has 0 heterocycles. The number of hydrogen-bond donors (Lipinski definition) is 1. The Morgan fingerprint density at radius 3 is 2.58 bits per heavy atom. The first-order chi connectivity index (χ1) is 8.97. The number of nitrogens with two attached hydrogens (primary N) is 1. The van der Waals surface area contributed by atoms with E-state index >= 15 is 0 Å². The lowest BCUT2D eigenvalue weighted by Gasteiger charge is -2.15. The average molecular weight is 363 g/mol. The summed E-state index contributed by atoms with van der Waals surface area (Å²) in [7, 11) is 0. The van der Waals surface area contributed by atoms with Gasteiger partial charge >= 0.3 is 0 Å². The van der Waals surface area contributed by atoms with Crippen LogP contribution in [0.2, 0.25) is 10.0 Å². The summed E-state index contributed by atoms with van der Waals surface area (Å²) < 4.78 is 13.7.